The van der Waals surface area contributed by atoms with Gasteiger partial charge >= 0.3 is 0 Å². The van der Waals surface area contributed by atoms with Gasteiger partial charge in [0.05, 0.1) is 13.2 Å². The Labute approximate surface area is 156 Å². The number of nitrogens with zero attached hydrogens (tertiary/aromatic N) is 1. The maximum absolute atomic E-state index is 9.63. The van der Waals surface area contributed by atoms with E-state index in [9.17, 15) is 5.11 Å². The summed E-state index contributed by atoms with van der Waals surface area (Å²) in [4.78, 5) is 4.22. The third-order valence-electron chi connectivity index (χ3n) is 4.09. The number of aliphatic hydroxyl groups excluding tert-OH is 1. The molecule has 1 atom stereocenters. The molecule has 0 saturated carbocycles. The van der Waals surface area contributed by atoms with E-state index >= 15 is 0 Å². The summed E-state index contributed by atoms with van der Waals surface area (Å²) >= 11 is 0. The van der Waals surface area contributed by atoms with Crippen LogP contribution in [0.25, 0.3) is 0 Å². The summed E-state index contributed by atoms with van der Waals surface area (Å²) < 4.78 is 5.79. The van der Waals surface area contributed by atoms with Gasteiger partial charge in [-0.1, -0.05) is 36.4 Å². The number of benzene rings is 2. The lowest BCUT2D eigenvalue weighted by Gasteiger charge is -2.18. The van der Waals surface area contributed by atoms with E-state index in [1.165, 1.54) is 11.1 Å². The van der Waals surface area contributed by atoms with Crippen LogP contribution in [0.1, 0.15) is 22.6 Å². The van der Waals surface area contributed by atoms with Crippen LogP contribution in [0.3, 0.4) is 0 Å². The molecule has 0 fully saturated rings. The molecule has 0 saturated heterocycles. The Morgan fingerprint density at radius 2 is 1.77 bits per heavy atom. The summed E-state index contributed by atoms with van der Waals surface area (Å²) in [7, 11) is 1.73. The Bertz CT molecular complexity index is 681. The summed E-state index contributed by atoms with van der Waals surface area (Å²) in [6, 6.07) is 16.2. The highest BCUT2D eigenvalue weighted by Crippen LogP contribution is 2.16. The van der Waals surface area contributed by atoms with Gasteiger partial charge < -0.3 is 20.5 Å². The highest BCUT2D eigenvalue weighted by molar-refractivity contribution is 5.79. The molecule has 5 heteroatoms. The second kappa shape index (κ2) is 10.5. The van der Waals surface area contributed by atoms with Crippen molar-refractivity contribution in [2.45, 2.75) is 19.8 Å². The average molecular weight is 355 g/mol. The summed E-state index contributed by atoms with van der Waals surface area (Å²) in [5, 5.41) is 16.1. The summed E-state index contributed by atoms with van der Waals surface area (Å²) in [6.45, 7) is 6.01. The van der Waals surface area contributed by atoms with E-state index in [4.69, 9.17) is 4.74 Å². The van der Waals surface area contributed by atoms with Crippen molar-refractivity contribution in [2.24, 2.45) is 4.99 Å². The fourth-order valence-electron chi connectivity index (χ4n) is 2.81. The first-order chi connectivity index (χ1) is 12.6. The van der Waals surface area contributed by atoms with E-state index in [-0.39, 0.29) is 12.5 Å². The molecular formula is C21H29N3O2. The number of aryl methyl sites for hydroxylation is 2. The van der Waals surface area contributed by atoms with Gasteiger partial charge in [0.2, 0.25) is 0 Å². The number of hydrogen-bond acceptors (Lipinski definition) is 3. The fraction of sp³-hybridized carbons (Fsp3) is 0.381. The molecule has 1 unspecified atom stereocenters. The van der Waals surface area contributed by atoms with Crippen LogP contribution in [0.4, 0.5) is 0 Å². The molecule has 0 spiro atoms. The lowest BCUT2D eigenvalue weighted by Crippen LogP contribution is -2.41. The van der Waals surface area contributed by atoms with Crippen molar-refractivity contribution in [3.63, 3.8) is 0 Å². The molecule has 0 amide bonds. The van der Waals surface area contributed by atoms with Crippen LogP contribution in [0, 0.1) is 13.8 Å². The first-order valence-corrected chi connectivity index (χ1v) is 8.93. The quantitative estimate of drug-likeness (QED) is 0.387. The highest BCUT2D eigenvalue weighted by atomic mass is 16.5. The second-order valence-corrected chi connectivity index (χ2v) is 6.34. The number of nitrogens with one attached hydrogen (secondary N) is 2. The predicted octanol–water partition coefficient (Wildman–Crippen LogP) is 2.62. The van der Waals surface area contributed by atoms with Crippen LogP contribution in [-0.4, -0.2) is 44.4 Å². The van der Waals surface area contributed by atoms with Gasteiger partial charge in [-0.2, -0.15) is 0 Å². The molecule has 2 aromatic carbocycles. The largest absolute Gasteiger partial charge is 0.492 e. The third-order valence-corrected chi connectivity index (χ3v) is 4.09. The molecule has 2 aromatic rings. The molecule has 3 N–H and O–H groups in total. The molecular weight excluding hydrogens is 326 g/mol. The average Bonchev–Trinajstić information content (AvgIpc) is 2.64. The fourth-order valence-corrected chi connectivity index (χ4v) is 2.81. The van der Waals surface area contributed by atoms with Gasteiger partial charge in [0.25, 0.3) is 0 Å². The first kappa shape index (κ1) is 19.8. The van der Waals surface area contributed by atoms with Crippen molar-refractivity contribution < 1.29 is 9.84 Å². The van der Waals surface area contributed by atoms with Crippen LogP contribution in [0.5, 0.6) is 5.75 Å². The minimum absolute atomic E-state index is 0.0290. The zero-order valence-electron chi connectivity index (χ0n) is 15.8. The lowest BCUT2D eigenvalue weighted by atomic mass is 10.0. The van der Waals surface area contributed by atoms with Crippen LogP contribution in [-0.2, 0) is 0 Å². The zero-order valence-corrected chi connectivity index (χ0v) is 15.8. The number of rotatable bonds is 8. The molecule has 0 aliphatic carbocycles. The maximum atomic E-state index is 9.63. The van der Waals surface area contributed by atoms with Crippen LogP contribution >= 0.6 is 0 Å². The van der Waals surface area contributed by atoms with Gasteiger partial charge in [-0.3, -0.25) is 4.99 Å². The zero-order chi connectivity index (χ0) is 18.8. The molecule has 0 aliphatic rings. The van der Waals surface area contributed by atoms with Crippen molar-refractivity contribution in [1.82, 2.24) is 10.6 Å². The molecule has 5 nitrogen and oxygen atoms in total. The lowest BCUT2D eigenvalue weighted by molar-refractivity contribution is 0.265. The second-order valence-electron chi connectivity index (χ2n) is 6.34. The highest BCUT2D eigenvalue weighted by Gasteiger charge is 2.10. The molecule has 140 valence electrons. The van der Waals surface area contributed by atoms with Crippen molar-refractivity contribution in [3.8, 4) is 5.75 Å². The minimum Gasteiger partial charge on any atom is -0.492 e. The van der Waals surface area contributed by atoms with Crippen LogP contribution in [0.2, 0.25) is 0 Å². The van der Waals surface area contributed by atoms with Crippen LogP contribution in [0.15, 0.2) is 53.5 Å². The Morgan fingerprint density at radius 1 is 1.08 bits per heavy atom. The summed E-state index contributed by atoms with van der Waals surface area (Å²) in [5.41, 5.74) is 3.50. The van der Waals surface area contributed by atoms with E-state index in [0.29, 0.717) is 25.7 Å². The number of aliphatic imine (C=N–C) groups is 1. The van der Waals surface area contributed by atoms with E-state index in [2.05, 4.69) is 35.5 Å². The number of aliphatic hydroxyl groups is 1. The number of ether oxygens (including phenoxy) is 1. The molecule has 26 heavy (non-hydrogen) atoms. The first-order valence-electron chi connectivity index (χ1n) is 8.93. The van der Waals surface area contributed by atoms with Gasteiger partial charge in [-0.25, -0.2) is 0 Å². The van der Waals surface area contributed by atoms with Gasteiger partial charge in [-0.15, -0.1) is 0 Å². The van der Waals surface area contributed by atoms with Crippen LogP contribution < -0.4 is 15.4 Å². The minimum atomic E-state index is 0.0290. The molecule has 0 heterocycles. The van der Waals surface area contributed by atoms with E-state index in [1.54, 1.807) is 7.05 Å². The van der Waals surface area contributed by atoms with Gasteiger partial charge in [-0.05, 0) is 42.7 Å². The smallest absolute Gasteiger partial charge is 0.191 e. The summed E-state index contributed by atoms with van der Waals surface area (Å²) in [5.74, 6) is 1.61. The number of hydrogen-bond donors (Lipinski definition) is 3. The monoisotopic (exact) mass is 355 g/mol. The normalized spacial score (nSPS) is 12.5. The number of guanidine groups is 1. The Balaban J connectivity index is 1.75. The molecule has 0 bridgehead atoms. The maximum Gasteiger partial charge on any atom is 0.191 e. The molecule has 0 radical (unpaired) electrons. The SMILES string of the molecule is CN=C(NCCOc1cc(C)cc(C)c1)NCC(CO)c1ccccc1. The third kappa shape index (κ3) is 6.41. The summed E-state index contributed by atoms with van der Waals surface area (Å²) in [6.07, 6.45) is 0. The predicted molar refractivity (Wildman–Crippen MR) is 107 cm³/mol. The standard InChI is InChI=1S/C21H29N3O2/c1-16-11-17(2)13-20(12-16)26-10-9-23-21(22-3)24-14-19(15-25)18-7-5-4-6-8-18/h4-8,11-13,19,25H,9-10,14-15H2,1-3H3,(H2,22,23,24). The van der Waals surface area contributed by atoms with Crippen molar-refractivity contribution >= 4 is 5.96 Å². The van der Waals surface area contributed by atoms with Crippen molar-refractivity contribution in [1.29, 1.82) is 0 Å². The van der Waals surface area contributed by atoms with Crippen molar-refractivity contribution in [3.05, 3.63) is 65.2 Å². The molecule has 2 rings (SSSR count). The Morgan fingerprint density at radius 3 is 2.38 bits per heavy atom. The van der Waals surface area contributed by atoms with E-state index in [0.717, 1.165) is 11.3 Å². The van der Waals surface area contributed by atoms with E-state index in [1.807, 2.05) is 42.5 Å². The Hall–Kier alpha value is -2.53. The van der Waals surface area contributed by atoms with Gasteiger partial charge in [0.15, 0.2) is 5.96 Å². The molecule has 0 aromatic heterocycles. The van der Waals surface area contributed by atoms with Gasteiger partial charge in [0, 0.05) is 19.5 Å². The Kier molecular flexibility index (Phi) is 7.96. The topological polar surface area (TPSA) is 65.9 Å². The van der Waals surface area contributed by atoms with Crippen molar-refractivity contribution in [2.75, 3.05) is 33.4 Å². The van der Waals surface area contributed by atoms with Gasteiger partial charge in [0.1, 0.15) is 12.4 Å². The van der Waals surface area contributed by atoms with E-state index < -0.39 is 0 Å². The molecule has 0 aliphatic heterocycles.